The van der Waals surface area contributed by atoms with Crippen LogP contribution in [0.1, 0.15) is 75.8 Å². The van der Waals surface area contributed by atoms with E-state index in [1.54, 1.807) is 0 Å². The number of aliphatic carboxylic acids is 1. The molecule has 1 aromatic heterocycles. The molecule has 0 fully saturated rings. The zero-order valence-electron chi connectivity index (χ0n) is 22.7. The number of unbranched alkanes of at least 4 members (excludes halogenated alkanes) is 2. The van der Waals surface area contributed by atoms with Gasteiger partial charge in [0.1, 0.15) is 0 Å². The molecule has 2 unspecified atom stereocenters. The molecule has 3 rings (SSSR count). The third kappa shape index (κ3) is 9.50. The maximum Gasteiger partial charge on any atom is 0.414 e. The van der Waals surface area contributed by atoms with Crippen molar-refractivity contribution in [2.24, 2.45) is 0 Å². The maximum absolute atomic E-state index is 13.0. The van der Waals surface area contributed by atoms with Crippen molar-refractivity contribution < 1.29 is 27.8 Å². The SMILES string of the molecule is CCCCCc1ccc(-c2cc(C(CCCC(=O)O)CCOC(C)C(F)(F)F)ccc2-c2ccccc2)nc1. The van der Waals surface area contributed by atoms with Crippen molar-refractivity contribution in [1.82, 2.24) is 4.98 Å². The Morgan fingerprint density at radius 3 is 2.38 bits per heavy atom. The van der Waals surface area contributed by atoms with Crippen LogP contribution in [0, 0.1) is 0 Å². The zero-order valence-corrected chi connectivity index (χ0v) is 22.7. The fourth-order valence-corrected chi connectivity index (χ4v) is 4.67. The number of nitrogens with zero attached hydrogens (tertiary/aromatic N) is 1. The number of pyridine rings is 1. The van der Waals surface area contributed by atoms with Gasteiger partial charge in [0, 0.05) is 24.8 Å². The normalized spacial score (nSPS) is 13.3. The number of carbonyl (C=O) groups is 1. The van der Waals surface area contributed by atoms with Gasteiger partial charge in [0.2, 0.25) is 0 Å². The number of alkyl halides is 3. The lowest BCUT2D eigenvalue weighted by Gasteiger charge is -2.22. The second-order valence-electron chi connectivity index (χ2n) is 10.0. The van der Waals surface area contributed by atoms with Gasteiger partial charge in [-0.1, -0.05) is 68.3 Å². The van der Waals surface area contributed by atoms with Crippen molar-refractivity contribution in [3.8, 4) is 22.4 Å². The third-order valence-electron chi connectivity index (χ3n) is 7.01. The first-order valence-electron chi connectivity index (χ1n) is 13.7. The molecule has 1 N–H and O–H groups in total. The summed E-state index contributed by atoms with van der Waals surface area (Å²) in [6, 6.07) is 20.2. The van der Waals surface area contributed by atoms with Crippen molar-refractivity contribution in [2.75, 3.05) is 6.61 Å². The Balaban J connectivity index is 1.92. The number of carboxylic acid groups (broad SMARTS) is 1. The summed E-state index contributed by atoms with van der Waals surface area (Å²) >= 11 is 0. The topological polar surface area (TPSA) is 59.4 Å². The molecule has 4 nitrogen and oxygen atoms in total. The van der Waals surface area contributed by atoms with Gasteiger partial charge in [-0.25, -0.2) is 0 Å². The van der Waals surface area contributed by atoms with Crippen LogP contribution in [0.5, 0.6) is 0 Å². The molecule has 0 aliphatic rings. The highest BCUT2D eigenvalue weighted by atomic mass is 19.4. The molecule has 0 bridgehead atoms. The third-order valence-corrected chi connectivity index (χ3v) is 7.01. The van der Waals surface area contributed by atoms with Crippen LogP contribution in [-0.4, -0.2) is 34.9 Å². The van der Waals surface area contributed by atoms with Gasteiger partial charge in [-0.05, 0) is 79.3 Å². The number of aryl methyl sites for hydroxylation is 1. The van der Waals surface area contributed by atoms with Crippen LogP contribution in [0.25, 0.3) is 22.4 Å². The Hall–Kier alpha value is -3.19. The Labute approximate surface area is 229 Å². The van der Waals surface area contributed by atoms with E-state index in [1.807, 2.05) is 54.7 Å². The van der Waals surface area contributed by atoms with Crippen LogP contribution < -0.4 is 0 Å². The van der Waals surface area contributed by atoms with Crippen LogP contribution >= 0.6 is 0 Å². The number of ether oxygens (including phenoxy) is 1. The highest BCUT2D eigenvalue weighted by Gasteiger charge is 2.36. The van der Waals surface area contributed by atoms with Crippen molar-refractivity contribution in [1.29, 1.82) is 0 Å². The molecule has 0 spiro atoms. The molecule has 0 saturated carbocycles. The molecule has 0 radical (unpaired) electrons. The minimum atomic E-state index is -4.42. The molecule has 1 heterocycles. The number of aromatic nitrogens is 1. The fraction of sp³-hybridized carbons (Fsp3) is 0.438. The van der Waals surface area contributed by atoms with Gasteiger partial charge in [0.15, 0.2) is 6.10 Å². The van der Waals surface area contributed by atoms with E-state index < -0.39 is 18.2 Å². The molecule has 2 atom stereocenters. The Morgan fingerprint density at radius 2 is 1.74 bits per heavy atom. The van der Waals surface area contributed by atoms with E-state index in [4.69, 9.17) is 14.8 Å². The van der Waals surface area contributed by atoms with Crippen LogP contribution in [0.15, 0.2) is 66.9 Å². The average molecular weight is 542 g/mol. The van der Waals surface area contributed by atoms with Gasteiger partial charge in [-0.15, -0.1) is 0 Å². The molecule has 0 amide bonds. The number of hydrogen-bond donors (Lipinski definition) is 1. The van der Waals surface area contributed by atoms with E-state index in [0.717, 1.165) is 54.1 Å². The van der Waals surface area contributed by atoms with Crippen molar-refractivity contribution in [3.05, 3.63) is 78.0 Å². The molecule has 7 heteroatoms. The number of halogens is 3. The van der Waals surface area contributed by atoms with Crippen LogP contribution in [0.2, 0.25) is 0 Å². The summed E-state index contributed by atoms with van der Waals surface area (Å²) in [5.41, 5.74) is 5.93. The quantitative estimate of drug-likeness (QED) is 0.195. The lowest BCUT2D eigenvalue weighted by atomic mass is 9.86. The summed E-state index contributed by atoms with van der Waals surface area (Å²) in [5, 5.41) is 9.12. The summed E-state index contributed by atoms with van der Waals surface area (Å²) in [6.45, 7) is 3.11. The summed E-state index contributed by atoms with van der Waals surface area (Å²) in [7, 11) is 0. The van der Waals surface area contributed by atoms with E-state index >= 15 is 0 Å². The highest BCUT2D eigenvalue weighted by Crippen LogP contribution is 2.36. The standard InChI is InChI=1S/C32H38F3NO3/c1-3-4-6-10-24-15-18-30(36-22-24)29-21-27(16-17-28(29)26-11-7-5-8-12-26)25(13-9-14-31(37)38)19-20-39-23(2)32(33,34)35/h5,7-8,11-12,15-18,21-23,25H,3-4,6,9-10,13-14,19-20H2,1-2H3,(H,37,38). The first-order valence-corrected chi connectivity index (χ1v) is 13.7. The van der Waals surface area contributed by atoms with Gasteiger partial charge in [0.25, 0.3) is 0 Å². The Morgan fingerprint density at radius 1 is 0.974 bits per heavy atom. The largest absolute Gasteiger partial charge is 0.481 e. The van der Waals surface area contributed by atoms with E-state index in [9.17, 15) is 18.0 Å². The maximum atomic E-state index is 13.0. The van der Waals surface area contributed by atoms with E-state index in [1.165, 1.54) is 12.0 Å². The summed E-state index contributed by atoms with van der Waals surface area (Å²) < 4.78 is 44.0. The summed E-state index contributed by atoms with van der Waals surface area (Å²) in [6.07, 6.45) is 1.40. The van der Waals surface area contributed by atoms with E-state index in [-0.39, 0.29) is 18.9 Å². The van der Waals surface area contributed by atoms with Crippen LogP contribution in [-0.2, 0) is 16.0 Å². The highest BCUT2D eigenvalue weighted by molar-refractivity contribution is 5.82. The minimum Gasteiger partial charge on any atom is -0.481 e. The van der Waals surface area contributed by atoms with Gasteiger partial charge in [-0.3, -0.25) is 9.78 Å². The van der Waals surface area contributed by atoms with Crippen molar-refractivity contribution >= 4 is 5.97 Å². The molecule has 0 saturated heterocycles. The zero-order chi connectivity index (χ0) is 28.3. The molecule has 2 aromatic carbocycles. The molecule has 0 aliphatic heterocycles. The average Bonchev–Trinajstić information content (AvgIpc) is 2.92. The van der Waals surface area contributed by atoms with Gasteiger partial charge >= 0.3 is 12.1 Å². The number of hydrogen-bond acceptors (Lipinski definition) is 3. The Bertz CT molecular complexity index is 1160. The van der Waals surface area contributed by atoms with Gasteiger partial charge < -0.3 is 9.84 Å². The summed E-state index contributed by atoms with van der Waals surface area (Å²) in [4.78, 5) is 15.9. The number of carboxylic acids is 1. The first-order chi connectivity index (χ1) is 18.7. The number of benzene rings is 2. The van der Waals surface area contributed by atoms with E-state index in [2.05, 4.69) is 19.1 Å². The second-order valence-corrected chi connectivity index (χ2v) is 10.0. The first kappa shape index (κ1) is 30.4. The fourth-order valence-electron chi connectivity index (χ4n) is 4.67. The predicted octanol–water partition coefficient (Wildman–Crippen LogP) is 8.84. The van der Waals surface area contributed by atoms with Crippen molar-refractivity contribution in [3.63, 3.8) is 0 Å². The number of rotatable bonds is 15. The molecule has 39 heavy (non-hydrogen) atoms. The van der Waals surface area contributed by atoms with Gasteiger partial charge in [-0.2, -0.15) is 13.2 Å². The van der Waals surface area contributed by atoms with Crippen molar-refractivity contribution in [2.45, 2.75) is 83.4 Å². The molecule has 210 valence electrons. The molecule has 3 aromatic rings. The lowest BCUT2D eigenvalue weighted by Crippen LogP contribution is -2.29. The monoisotopic (exact) mass is 541 g/mol. The smallest absolute Gasteiger partial charge is 0.414 e. The Kier molecular flexibility index (Phi) is 11.5. The van der Waals surface area contributed by atoms with Crippen LogP contribution in [0.3, 0.4) is 0 Å². The lowest BCUT2D eigenvalue weighted by molar-refractivity contribution is -0.214. The second kappa shape index (κ2) is 14.8. The molecular formula is C32H38F3NO3. The molecule has 0 aliphatic carbocycles. The summed E-state index contributed by atoms with van der Waals surface area (Å²) in [5.74, 6) is -1.04. The van der Waals surface area contributed by atoms with Crippen LogP contribution in [0.4, 0.5) is 13.2 Å². The predicted molar refractivity (Wildman–Crippen MR) is 149 cm³/mol. The minimum absolute atomic E-state index is 0.00627. The van der Waals surface area contributed by atoms with E-state index in [0.29, 0.717) is 19.3 Å². The van der Waals surface area contributed by atoms with Gasteiger partial charge in [0.05, 0.1) is 5.69 Å². The molecular weight excluding hydrogens is 503 g/mol.